The molecule has 0 saturated carbocycles. The molecule has 0 spiro atoms. The first kappa shape index (κ1) is 19.9. The van der Waals surface area contributed by atoms with Crippen molar-refractivity contribution in [1.82, 2.24) is 5.32 Å². The number of hydrogen-bond acceptors (Lipinski definition) is 3. The summed E-state index contributed by atoms with van der Waals surface area (Å²) in [6.07, 6.45) is 2.43. The van der Waals surface area contributed by atoms with E-state index >= 15 is 0 Å². The number of ether oxygens (including phenoxy) is 1. The zero-order chi connectivity index (χ0) is 20.9. The van der Waals surface area contributed by atoms with Gasteiger partial charge in [-0.2, -0.15) is 0 Å². The van der Waals surface area contributed by atoms with Gasteiger partial charge in [0.2, 0.25) is 0 Å². The maximum absolute atomic E-state index is 12.7. The van der Waals surface area contributed by atoms with E-state index in [-0.39, 0.29) is 17.7 Å². The van der Waals surface area contributed by atoms with Crippen LogP contribution >= 0.6 is 0 Å². The summed E-state index contributed by atoms with van der Waals surface area (Å²) in [5, 5.41) is 3.13. The lowest BCUT2D eigenvalue weighted by atomic mass is 9.87. The summed E-state index contributed by atoms with van der Waals surface area (Å²) in [4.78, 5) is 25.2. The van der Waals surface area contributed by atoms with Crippen molar-refractivity contribution in [3.63, 3.8) is 0 Å². The summed E-state index contributed by atoms with van der Waals surface area (Å²) < 4.78 is 5.82. The zero-order valence-electron chi connectivity index (χ0n) is 17.0. The lowest BCUT2D eigenvalue weighted by molar-refractivity contribution is -0.128. The standard InChI is InChI=1S/C26H25NO3/c1-18(26(29)27-24-13-7-11-19-8-5-6-12-23(19)24)30-22-16-14-21(15-17-22)25(28)20-9-3-2-4-10-20/h2-6,8-10,12,14-18,24H,7,11,13H2,1H3,(H,27,29)/t18-,24+/m0/s1. The van der Waals surface area contributed by atoms with Gasteiger partial charge in [-0.3, -0.25) is 9.59 Å². The Labute approximate surface area is 176 Å². The maximum Gasteiger partial charge on any atom is 0.261 e. The molecule has 4 nitrogen and oxygen atoms in total. The van der Waals surface area contributed by atoms with Crippen molar-refractivity contribution >= 4 is 11.7 Å². The lowest BCUT2D eigenvalue weighted by Crippen LogP contribution is -2.39. The van der Waals surface area contributed by atoms with Gasteiger partial charge in [0.25, 0.3) is 5.91 Å². The highest BCUT2D eigenvalue weighted by Crippen LogP contribution is 2.29. The fourth-order valence-corrected chi connectivity index (χ4v) is 3.89. The van der Waals surface area contributed by atoms with E-state index in [1.807, 2.05) is 30.3 Å². The molecule has 0 aliphatic heterocycles. The minimum absolute atomic E-state index is 0.0272. The molecule has 0 unspecified atom stereocenters. The molecule has 1 N–H and O–H groups in total. The first-order valence-corrected chi connectivity index (χ1v) is 10.4. The van der Waals surface area contributed by atoms with Crippen LogP contribution in [0.25, 0.3) is 0 Å². The number of hydrogen-bond donors (Lipinski definition) is 1. The highest BCUT2D eigenvalue weighted by Gasteiger charge is 2.24. The van der Waals surface area contributed by atoms with Crippen molar-refractivity contribution in [2.75, 3.05) is 0 Å². The Morgan fingerprint density at radius 2 is 1.57 bits per heavy atom. The van der Waals surface area contributed by atoms with Gasteiger partial charge in [-0.25, -0.2) is 0 Å². The van der Waals surface area contributed by atoms with Crippen LogP contribution in [-0.2, 0) is 11.2 Å². The number of aryl methyl sites for hydroxylation is 1. The van der Waals surface area contributed by atoms with Gasteiger partial charge in [-0.1, -0.05) is 54.6 Å². The van der Waals surface area contributed by atoms with Crippen LogP contribution in [0.3, 0.4) is 0 Å². The number of fused-ring (bicyclic) bond motifs is 1. The van der Waals surface area contributed by atoms with E-state index in [0.29, 0.717) is 16.9 Å². The maximum atomic E-state index is 12.7. The SMILES string of the molecule is C[C@H](Oc1ccc(C(=O)c2ccccc2)cc1)C(=O)N[C@@H]1CCCc2ccccc21. The number of carbonyl (C=O) groups is 2. The van der Waals surface area contributed by atoms with Gasteiger partial charge in [0.1, 0.15) is 5.75 Å². The Kier molecular flexibility index (Phi) is 5.94. The van der Waals surface area contributed by atoms with Gasteiger partial charge in [0.05, 0.1) is 6.04 Å². The van der Waals surface area contributed by atoms with Crippen molar-refractivity contribution < 1.29 is 14.3 Å². The molecule has 0 radical (unpaired) electrons. The molecule has 4 rings (SSSR count). The van der Waals surface area contributed by atoms with Crippen LogP contribution < -0.4 is 10.1 Å². The second-order valence-electron chi connectivity index (χ2n) is 7.63. The summed E-state index contributed by atoms with van der Waals surface area (Å²) >= 11 is 0. The molecule has 0 fully saturated rings. The van der Waals surface area contributed by atoms with E-state index < -0.39 is 6.10 Å². The summed E-state index contributed by atoms with van der Waals surface area (Å²) in [6.45, 7) is 1.74. The molecule has 0 aromatic heterocycles. The van der Waals surface area contributed by atoms with E-state index in [1.165, 1.54) is 11.1 Å². The number of nitrogens with one attached hydrogen (secondary N) is 1. The molecule has 1 amide bonds. The zero-order valence-corrected chi connectivity index (χ0v) is 17.0. The quantitative estimate of drug-likeness (QED) is 0.601. The van der Waals surface area contributed by atoms with Crippen LogP contribution in [0.1, 0.15) is 52.9 Å². The van der Waals surface area contributed by atoms with Crippen LogP contribution in [0.5, 0.6) is 5.75 Å². The Hall–Kier alpha value is -3.40. The Bertz CT molecular complexity index is 1030. The van der Waals surface area contributed by atoms with Gasteiger partial charge in [-0.15, -0.1) is 0 Å². The second-order valence-corrected chi connectivity index (χ2v) is 7.63. The highest BCUT2D eigenvalue weighted by atomic mass is 16.5. The Morgan fingerprint density at radius 3 is 2.33 bits per heavy atom. The lowest BCUT2D eigenvalue weighted by Gasteiger charge is -2.27. The normalized spacial score (nSPS) is 16.2. The second kappa shape index (κ2) is 8.95. The summed E-state index contributed by atoms with van der Waals surface area (Å²) in [5.74, 6) is 0.386. The van der Waals surface area contributed by atoms with Gasteiger partial charge in [-0.05, 0) is 61.6 Å². The number of benzene rings is 3. The van der Waals surface area contributed by atoms with E-state index in [9.17, 15) is 9.59 Å². The third-order valence-corrected chi connectivity index (χ3v) is 5.52. The van der Waals surface area contributed by atoms with E-state index in [0.717, 1.165) is 19.3 Å². The largest absolute Gasteiger partial charge is 0.481 e. The van der Waals surface area contributed by atoms with Crippen molar-refractivity contribution in [3.05, 3.63) is 101 Å². The van der Waals surface area contributed by atoms with Gasteiger partial charge in [0, 0.05) is 11.1 Å². The molecule has 4 heteroatoms. The van der Waals surface area contributed by atoms with Gasteiger partial charge in [0.15, 0.2) is 11.9 Å². The molecule has 1 aliphatic carbocycles. The average Bonchev–Trinajstić information content (AvgIpc) is 2.80. The number of ketones is 1. The molecular formula is C26H25NO3. The number of carbonyl (C=O) groups excluding carboxylic acids is 2. The Morgan fingerprint density at radius 1 is 0.900 bits per heavy atom. The van der Waals surface area contributed by atoms with Crippen LogP contribution in [0.4, 0.5) is 0 Å². The van der Waals surface area contributed by atoms with Crippen molar-refractivity contribution in [1.29, 1.82) is 0 Å². The summed E-state index contributed by atoms with van der Waals surface area (Å²) in [7, 11) is 0. The minimum Gasteiger partial charge on any atom is -0.481 e. The van der Waals surface area contributed by atoms with Gasteiger partial charge >= 0.3 is 0 Å². The number of amides is 1. The molecular weight excluding hydrogens is 374 g/mol. The van der Waals surface area contributed by atoms with E-state index in [2.05, 4.69) is 17.4 Å². The smallest absolute Gasteiger partial charge is 0.261 e. The molecule has 0 saturated heterocycles. The van der Waals surface area contributed by atoms with Crippen LogP contribution in [0.2, 0.25) is 0 Å². The summed E-state index contributed by atoms with van der Waals surface area (Å²) in [6, 6.07) is 24.4. The third-order valence-electron chi connectivity index (χ3n) is 5.52. The molecule has 0 bridgehead atoms. The van der Waals surface area contributed by atoms with Crippen molar-refractivity contribution in [3.8, 4) is 5.75 Å². The average molecular weight is 399 g/mol. The summed E-state index contributed by atoms with van der Waals surface area (Å²) in [5.41, 5.74) is 3.74. The van der Waals surface area contributed by atoms with Gasteiger partial charge < -0.3 is 10.1 Å². The molecule has 3 aromatic carbocycles. The predicted octanol–water partition coefficient (Wildman–Crippen LogP) is 4.88. The molecule has 152 valence electrons. The van der Waals surface area contributed by atoms with Crippen molar-refractivity contribution in [2.24, 2.45) is 0 Å². The van der Waals surface area contributed by atoms with Crippen LogP contribution in [0, 0.1) is 0 Å². The number of rotatable bonds is 6. The molecule has 2 atom stereocenters. The first-order chi connectivity index (χ1) is 14.6. The fraction of sp³-hybridized carbons (Fsp3) is 0.231. The first-order valence-electron chi connectivity index (χ1n) is 10.4. The minimum atomic E-state index is -0.630. The fourth-order valence-electron chi connectivity index (χ4n) is 3.89. The highest BCUT2D eigenvalue weighted by molar-refractivity contribution is 6.09. The Balaban J connectivity index is 1.37. The molecule has 30 heavy (non-hydrogen) atoms. The van der Waals surface area contributed by atoms with E-state index in [1.54, 1.807) is 43.3 Å². The van der Waals surface area contributed by atoms with Crippen LogP contribution in [-0.4, -0.2) is 17.8 Å². The third kappa shape index (κ3) is 4.43. The van der Waals surface area contributed by atoms with E-state index in [4.69, 9.17) is 4.74 Å². The van der Waals surface area contributed by atoms with Crippen molar-refractivity contribution in [2.45, 2.75) is 38.3 Å². The van der Waals surface area contributed by atoms with Crippen LogP contribution in [0.15, 0.2) is 78.9 Å². The molecule has 3 aromatic rings. The monoisotopic (exact) mass is 399 g/mol. The predicted molar refractivity (Wildman–Crippen MR) is 117 cm³/mol. The molecule has 0 heterocycles. The topological polar surface area (TPSA) is 55.4 Å². The molecule has 1 aliphatic rings.